The predicted molar refractivity (Wildman–Crippen MR) is 39.6 cm³/mol. The number of aromatic nitrogens is 1. The van der Waals surface area contributed by atoms with Gasteiger partial charge in [0.2, 0.25) is 0 Å². The summed E-state index contributed by atoms with van der Waals surface area (Å²) in [5.74, 6) is -3.32. The molecule has 1 rings (SSSR count). The Morgan fingerprint density at radius 2 is 2.00 bits per heavy atom. The Labute approximate surface area is 80.5 Å². The Hall–Kier alpha value is -1.17. The zero-order valence-electron chi connectivity index (χ0n) is 6.40. The summed E-state index contributed by atoms with van der Waals surface area (Å²) in [5, 5.41) is -0.580. The fourth-order valence-electron chi connectivity index (χ4n) is 0.709. The highest BCUT2D eigenvalue weighted by molar-refractivity contribution is 6.29. The van der Waals surface area contributed by atoms with Crippen LogP contribution in [-0.4, -0.2) is 16.9 Å². The molecule has 0 N–H and O–H groups in total. The molecule has 0 bridgehead atoms. The van der Waals surface area contributed by atoms with Crippen molar-refractivity contribution in [3.8, 4) is 0 Å². The standard InChI is InChI=1S/C7H2ClF4NO/c8-6-4(9)1-3(2-13-6)5(14)7(10,11)12/h1-2H. The molecule has 0 aliphatic heterocycles. The Kier molecular flexibility index (Phi) is 2.75. The lowest BCUT2D eigenvalue weighted by atomic mass is 10.2. The molecule has 0 radical (unpaired) electrons. The molecule has 0 aliphatic carbocycles. The number of pyridine rings is 1. The van der Waals surface area contributed by atoms with Gasteiger partial charge in [-0.15, -0.1) is 0 Å². The number of halogens is 5. The number of hydrogen-bond donors (Lipinski definition) is 0. The van der Waals surface area contributed by atoms with Crippen LogP contribution in [0.2, 0.25) is 5.15 Å². The summed E-state index contributed by atoms with van der Waals surface area (Å²) < 4.78 is 48.1. The van der Waals surface area contributed by atoms with Crippen molar-refractivity contribution in [3.63, 3.8) is 0 Å². The molecule has 0 aliphatic rings. The highest BCUT2D eigenvalue weighted by Gasteiger charge is 2.39. The van der Waals surface area contributed by atoms with E-state index >= 15 is 0 Å². The Morgan fingerprint density at radius 3 is 2.43 bits per heavy atom. The van der Waals surface area contributed by atoms with E-state index in [1.54, 1.807) is 0 Å². The largest absolute Gasteiger partial charge is 0.454 e. The lowest BCUT2D eigenvalue weighted by Crippen LogP contribution is -2.23. The van der Waals surface area contributed by atoms with Gasteiger partial charge in [-0.05, 0) is 6.07 Å². The molecule has 1 aromatic rings. The second-order valence-electron chi connectivity index (χ2n) is 2.32. The van der Waals surface area contributed by atoms with E-state index in [4.69, 9.17) is 11.6 Å². The summed E-state index contributed by atoms with van der Waals surface area (Å²) >= 11 is 5.12. The second-order valence-corrected chi connectivity index (χ2v) is 2.68. The molecule has 1 heterocycles. The van der Waals surface area contributed by atoms with E-state index in [0.717, 1.165) is 0 Å². The van der Waals surface area contributed by atoms with Crippen molar-refractivity contribution in [2.45, 2.75) is 6.18 Å². The third-order valence-electron chi connectivity index (χ3n) is 1.32. The smallest absolute Gasteiger partial charge is 0.284 e. The van der Waals surface area contributed by atoms with Gasteiger partial charge < -0.3 is 0 Å². The summed E-state index contributed by atoms with van der Waals surface area (Å²) in [6.45, 7) is 0. The van der Waals surface area contributed by atoms with E-state index in [1.807, 2.05) is 0 Å². The van der Waals surface area contributed by atoms with Gasteiger partial charge in [0.05, 0.1) is 0 Å². The van der Waals surface area contributed by atoms with Gasteiger partial charge >= 0.3 is 6.18 Å². The van der Waals surface area contributed by atoms with Crippen LogP contribution in [0.3, 0.4) is 0 Å². The number of alkyl halides is 3. The summed E-state index contributed by atoms with van der Waals surface area (Å²) in [4.78, 5) is 13.6. The molecule has 0 spiro atoms. The van der Waals surface area contributed by atoms with Crippen LogP contribution in [0.25, 0.3) is 0 Å². The number of carbonyl (C=O) groups is 1. The minimum atomic E-state index is -5.04. The summed E-state index contributed by atoms with van der Waals surface area (Å²) in [6.07, 6.45) is -4.47. The average molecular weight is 228 g/mol. The van der Waals surface area contributed by atoms with Gasteiger partial charge in [0.25, 0.3) is 5.78 Å². The molecule has 0 aromatic carbocycles. The van der Waals surface area contributed by atoms with Gasteiger partial charge in [-0.25, -0.2) is 9.37 Å². The van der Waals surface area contributed by atoms with Gasteiger partial charge in [-0.3, -0.25) is 4.79 Å². The maximum Gasteiger partial charge on any atom is 0.454 e. The molecule has 0 fully saturated rings. The van der Waals surface area contributed by atoms with Gasteiger partial charge in [0.15, 0.2) is 11.0 Å². The van der Waals surface area contributed by atoms with Crippen LogP contribution in [0.5, 0.6) is 0 Å². The molecular weight excluding hydrogens is 226 g/mol. The fraction of sp³-hybridized carbons (Fsp3) is 0.143. The first-order chi connectivity index (χ1) is 6.32. The average Bonchev–Trinajstić information content (AvgIpc) is 2.07. The molecule has 76 valence electrons. The normalized spacial score (nSPS) is 11.5. The molecule has 0 amide bonds. The van der Waals surface area contributed by atoms with Crippen LogP contribution in [-0.2, 0) is 0 Å². The second kappa shape index (κ2) is 3.53. The quantitative estimate of drug-likeness (QED) is 0.419. The maximum atomic E-state index is 12.6. The van der Waals surface area contributed by atoms with Crippen molar-refractivity contribution < 1.29 is 22.4 Å². The molecule has 1 aromatic heterocycles. The van der Waals surface area contributed by atoms with Gasteiger partial charge in [0.1, 0.15) is 0 Å². The number of hydrogen-bond acceptors (Lipinski definition) is 2. The number of nitrogens with zero attached hydrogens (tertiary/aromatic N) is 1. The molecule has 0 atom stereocenters. The molecule has 14 heavy (non-hydrogen) atoms. The van der Waals surface area contributed by atoms with Crippen molar-refractivity contribution >= 4 is 17.4 Å². The van der Waals surface area contributed by atoms with Crippen LogP contribution < -0.4 is 0 Å². The van der Waals surface area contributed by atoms with Crippen molar-refractivity contribution in [2.75, 3.05) is 0 Å². The van der Waals surface area contributed by atoms with Gasteiger partial charge in [0, 0.05) is 11.8 Å². The first-order valence-corrected chi connectivity index (χ1v) is 3.62. The monoisotopic (exact) mass is 227 g/mol. The predicted octanol–water partition coefficient (Wildman–Crippen LogP) is 2.62. The molecule has 0 saturated heterocycles. The first-order valence-electron chi connectivity index (χ1n) is 3.25. The van der Waals surface area contributed by atoms with E-state index in [9.17, 15) is 22.4 Å². The Bertz CT molecular complexity index is 376. The van der Waals surface area contributed by atoms with E-state index in [1.165, 1.54) is 0 Å². The number of ketones is 1. The van der Waals surface area contributed by atoms with Crippen LogP contribution >= 0.6 is 11.6 Å². The SMILES string of the molecule is O=C(c1cnc(Cl)c(F)c1)C(F)(F)F. The summed E-state index contributed by atoms with van der Waals surface area (Å²) in [5.41, 5.74) is -0.876. The van der Waals surface area contributed by atoms with Gasteiger partial charge in [-0.1, -0.05) is 11.6 Å². The first kappa shape index (κ1) is 10.9. The maximum absolute atomic E-state index is 12.6. The van der Waals surface area contributed by atoms with Crippen molar-refractivity contribution in [3.05, 3.63) is 28.8 Å². The highest BCUT2D eigenvalue weighted by Crippen LogP contribution is 2.22. The highest BCUT2D eigenvalue weighted by atomic mass is 35.5. The molecule has 0 unspecified atom stereocenters. The Morgan fingerprint density at radius 1 is 1.43 bits per heavy atom. The van der Waals surface area contributed by atoms with Crippen LogP contribution in [0.4, 0.5) is 17.6 Å². The topological polar surface area (TPSA) is 30.0 Å². The third-order valence-corrected chi connectivity index (χ3v) is 1.59. The Balaban J connectivity index is 3.10. The number of Topliss-reactive ketones (excluding diaryl/α,β-unsaturated/α-hetero) is 1. The lowest BCUT2D eigenvalue weighted by Gasteiger charge is -2.04. The van der Waals surface area contributed by atoms with Crippen LogP contribution in [0.15, 0.2) is 12.3 Å². The molecule has 0 saturated carbocycles. The van der Waals surface area contributed by atoms with Crippen molar-refractivity contribution in [2.24, 2.45) is 0 Å². The molecule has 2 nitrogen and oxygen atoms in total. The van der Waals surface area contributed by atoms with E-state index < -0.39 is 28.5 Å². The van der Waals surface area contributed by atoms with E-state index in [2.05, 4.69) is 4.98 Å². The third kappa shape index (κ3) is 2.20. The number of rotatable bonds is 1. The summed E-state index contributed by atoms with van der Waals surface area (Å²) in [6, 6.07) is 0.394. The molecule has 7 heteroatoms. The van der Waals surface area contributed by atoms with E-state index in [0.29, 0.717) is 12.3 Å². The van der Waals surface area contributed by atoms with Crippen LogP contribution in [0, 0.1) is 5.82 Å². The van der Waals surface area contributed by atoms with Crippen molar-refractivity contribution in [1.82, 2.24) is 4.98 Å². The zero-order valence-corrected chi connectivity index (χ0v) is 7.16. The fourth-order valence-corrected chi connectivity index (χ4v) is 0.812. The van der Waals surface area contributed by atoms with E-state index in [-0.39, 0.29) is 0 Å². The minimum Gasteiger partial charge on any atom is -0.284 e. The summed E-state index contributed by atoms with van der Waals surface area (Å²) in [7, 11) is 0. The minimum absolute atomic E-state index is 0.394. The zero-order chi connectivity index (χ0) is 10.9. The van der Waals surface area contributed by atoms with Crippen LogP contribution in [0.1, 0.15) is 10.4 Å². The van der Waals surface area contributed by atoms with Crippen molar-refractivity contribution in [1.29, 1.82) is 0 Å². The number of carbonyl (C=O) groups excluding carboxylic acids is 1. The lowest BCUT2D eigenvalue weighted by molar-refractivity contribution is -0.0885. The molecular formula is C7H2ClF4NO. The van der Waals surface area contributed by atoms with Gasteiger partial charge in [-0.2, -0.15) is 13.2 Å².